The van der Waals surface area contributed by atoms with Gasteiger partial charge < -0.3 is 11.1 Å². The van der Waals surface area contributed by atoms with E-state index in [1.54, 1.807) is 0 Å². The second-order valence-corrected chi connectivity index (χ2v) is 5.53. The molecule has 3 N–H and O–H groups in total. The minimum absolute atomic E-state index is 0.0287. The van der Waals surface area contributed by atoms with Crippen LogP contribution in [0.4, 0.5) is 11.4 Å². The molecule has 2 unspecified atom stereocenters. The number of nitrogen functional groups attached to an aromatic ring is 1. The predicted molar refractivity (Wildman–Crippen MR) is 76.3 cm³/mol. The third-order valence-electron chi connectivity index (χ3n) is 3.82. The summed E-state index contributed by atoms with van der Waals surface area (Å²) in [5.41, 5.74) is 5.76. The number of carbonyl (C=O) groups excluding carboxylic acids is 1. The van der Waals surface area contributed by atoms with E-state index in [1.165, 1.54) is 24.6 Å². The van der Waals surface area contributed by atoms with Gasteiger partial charge in [-0.25, -0.2) is 0 Å². The van der Waals surface area contributed by atoms with Crippen LogP contribution in [0.1, 0.15) is 36.5 Å². The second-order valence-electron chi connectivity index (χ2n) is 5.53. The van der Waals surface area contributed by atoms with E-state index in [1.807, 2.05) is 0 Å². The van der Waals surface area contributed by atoms with Crippen LogP contribution in [0.2, 0.25) is 0 Å². The Bertz CT molecular complexity index is 530. The summed E-state index contributed by atoms with van der Waals surface area (Å²) in [5, 5.41) is 13.7. The number of amides is 1. The van der Waals surface area contributed by atoms with Crippen LogP contribution in [0.15, 0.2) is 18.2 Å². The van der Waals surface area contributed by atoms with Crippen molar-refractivity contribution in [2.75, 3.05) is 12.3 Å². The fourth-order valence-corrected chi connectivity index (χ4v) is 2.74. The summed E-state index contributed by atoms with van der Waals surface area (Å²) >= 11 is 0. The Morgan fingerprint density at radius 3 is 2.85 bits per heavy atom. The van der Waals surface area contributed by atoms with Gasteiger partial charge in [0.1, 0.15) is 5.56 Å². The number of nitrogens with two attached hydrogens (primary N) is 1. The third-order valence-corrected chi connectivity index (χ3v) is 3.82. The van der Waals surface area contributed by atoms with Crippen molar-refractivity contribution < 1.29 is 9.72 Å². The molecule has 0 bridgehead atoms. The first kappa shape index (κ1) is 14.3. The zero-order valence-corrected chi connectivity index (χ0v) is 11.5. The van der Waals surface area contributed by atoms with Crippen LogP contribution in [0, 0.1) is 22.0 Å². The SMILES string of the molecule is CC1CCC(CNC(=O)c2cc(N)ccc2[N+](=O)[O-])C1. The molecule has 108 valence electrons. The van der Waals surface area contributed by atoms with E-state index in [0.29, 0.717) is 24.1 Å². The molecule has 2 rings (SSSR count). The van der Waals surface area contributed by atoms with E-state index in [0.717, 1.165) is 12.8 Å². The fourth-order valence-electron chi connectivity index (χ4n) is 2.74. The van der Waals surface area contributed by atoms with Crippen molar-refractivity contribution in [1.82, 2.24) is 5.32 Å². The van der Waals surface area contributed by atoms with Gasteiger partial charge in [0.2, 0.25) is 0 Å². The number of rotatable bonds is 4. The fraction of sp³-hybridized carbons (Fsp3) is 0.500. The Hall–Kier alpha value is -2.11. The van der Waals surface area contributed by atoms with Crippen molar-refractivity contribution in [2.24, 2.45) is 11.8 Å². The van der Waals surface area contributed by atoms with Crippen molar-refractivity contribution in [1.29, 1.82) is 0 Å². The summed E-state index contributed by atoms with van der Waals surface area (Å²) < 4.78 is 0. The topological polar surface area (TPSA) is 98.3 Å². The molecule has 0 aromatic heterocycles. The van der Waals surface area contributed by atoms with Crippen molar-refractivity contribution in [2.45, 2.75) is 26.2 Å². The number of hydrogen-bond donors (Lipinski definition) is 2. The molecule has 0 spiro atoms. The monoisotopic (exact) mass is 277 g/mol. The maximum atomic E-state index is 12.1. The number of nitro groups is 1. The van der Waals surface area contributed by atoms with Gasteiger partial charge in [0.05, 0.1) is 4.92 Å². The summed E-state index contributed by atoms with van der Waals surface area (Å²) in [6.45, 7) is 2.76. The minimum atomic E-state index is -0.563. The first-order chi connectivity index (χ1) is 9.47. The van der Waals surface area contributed by atoms with Gasteiger partial charge in [0.25, 0.3) is 11.6 Å². The van der Waals surface area contributed by atoms with Crippen molar-refractivity contribution in [3.63, 3.8) is 0 Å². The Morgan fingerprint density at radius 2 is 2.25 bits per heavy atom. The first-order valence-corrected chi connectivity index (χ1v) is 6.79. The largest absolute Gasteiger partial charge is 0.399 e. The molecule has 1 fully saturated rings. The molecule has 6 nitrogen and oxygen atoms in total. The van der Waals surface area contributed by atoms with E-state index in [4.69, 9.17) is 5.73 Å². The molecule has 20 heavy (non-hydrogen) atoms. The number of nitrogens with zero attached hydrogens (tertiary/aromatic N) is 1. The highest BCUT2D eigenvalue weighted by molar-refractivity contribution is 5.99. The molecule has 1 saturated carbocycles. The lowest BCUT2D eigenvalue weighted by atomic mass is 10.1. The van der Waals surface area contributed by atoms with E-state index >= 15 is 0 Å². The smallest absolute Gasteiger partial charge is 0.282 e. The molecule has 1 amide bonds. The number of nitrogens with one attached hydrogen (secondary N) is 1. The van der Waals surface area contributed by atoms with Gasteiger partial charge in [-0.15, -0.1) is 0 Å². The van der Waals surface area contributed by atoms with Crippen LogP contribution in [-0.2, 0) is 0 Å². The van der Waals surface area contributed by atoms with Crippen LogP contribution in [0.25, 0.3) is 0 Å². The molecular formula is C14H19N3O3. The third kappa shape index (κ3) is 3.26. The zero-order valence-electron chi connectivity index (χ0n) is 11.5. The number of anilines is 1. The standard InChI is InChI=1S/C14H19N3O3/c1-9-2-3-10(6-9)8-16-14(18)12-7-11(15)4-5-13(12)17(19)20/h4-5,7,9-10H,2-3,6,8,15H2,1H3,(H,16,18). The lowest BCUT2D eigenvalue weighted by Gasteiger charge is -2.11. The van der Waals surface area contributed by atoms with Gasteiger partial charge in [0, 0.05) is 18.3 Å². The molecule has 1 aromatic rings. The minimum Gasteiger partial charge on any atom is -0.399 e. The molecule has 0 saturated heterocycles. The quantitative estimate of drug-likeness (QED) is 0.501. The van der Waals surface area contributed by atoms with Crippen LogP contribution in [0.3, 0.4) is 0 Å². The van der Waals surface area contributed by atoms with Gasteiger partial charge in [-0.05, 0) is 36.8 Å². The molecule has 1 aliphatic carbocycles. The van der Waals surface area contributed by atoms with Crippen molar-refractivity contribution in [3.8, 4) is 0 Å². The van der Waals surface area contributed by atoms with E-state index in [2.05, 4.69) is 12.2 Å². The molecular weight excluding hydrogens is 258 g/mol. The maximum Gasteiger partial charge on any atom is 0.282 e. The Morgan fingerprint density at radius 1 is 1.50 bits per heavy atom. The molecule has 0 radical (unpaired) electrons. The Labute approximate surface area is 117 Å². The summed E-state index contributed by atoms with van der Waals surface area (Å²) in [4.78, 5) is 22.5. The summed E-state index contributed by atoms with van der Waals surface area (Å²) in [7, 11) is 0. The number of benzene rings is 1. The van der Waals surface area contributed by atoms with Gasteiger partial charge >= 0.3 is 0 Å². The zero-order chi connectivity index (χ0) is 14.7. The van der Waals surface area contributed by atoms with Crippen LogP contribution >= 0.6 is 0 Å². The first-order valence-electron chi connectivity index (χ1n) is 6.79. The van der Waals surface area contributed by atoms with Crippen LogP contribution < -0.4 is 11.1 Å². The highest BCUT2D eigenvalue weighted by Crippen LogP contribution is 2.29. The number of hydrogen-bond acceptors (Lipinski definition) is 4. The van der Waals surface area contributed by atoms with E-state index in [9.17, 15) is 14.9 Å². The van der Waals surface area contributed by atoms with E-state index in [-0.39, 0.29) is 11.3 Å². The molecule has 0 aliphatic heterocycles. The van der Waals surface area contributed by atoms with Gasteiger partial charge in [-0.3, -0.25) is 14.9 Å². The highest BCUT2D eigenvalue weighted by Gasteiger charge is 2.24. The van der Waals surface area contributed by atoms with Gasteiger partial charge in [-0.1, -0.05) is 13.3 Å². The number of nitro benzene ring substituents is 1. The van der Waals surface area contributed by atoms with Crippen LogP contribution in [0.5, 0.6) is 0 Å². The summed E-state index contributed by atoms with van der Waals surface area (Å²) in [6.07, 6.45) is 3.37. The molecule has 1 aromatic carbocycles. The number of carbonyl (C=O) groups is 1. The summed E-state index contributed by atoms with van der Waals surface area (Å²) in [6, 6.07) is 4.04. The average molecular weight is 277 g/mol. The summed E-state index contributed by atoms with van der Waals surface area (Å²) in [5.74, 6) is 0.733. The van der Waals surface area contributed by atoms with Crippen molar-refractivity contribution in [3.05, 3.63) is 33.9 Å². The second kappa shape index (κ2) is 5.90. The maximum absolute atomic E-state index is 12.1. The highest BCUT2D eigenvalue weighted by atomic mass is 16.6. The van der Waals surface area contributed by atoms with Crippen LogP contribution in [-0.4, -0.2) is 17.4 Å². The molecule has 6 heteroatoms. The average Bonchev–Trinajstić information content (AvgIpc) is 2.81. The van der Waals surface area contributed by atoms with E-state index < -0.39 is 10.8 Å². The lowest BCUT2D eigenvalue weighted by Crippen LogP contribution is -2.29. The Balaban J connectivity index is 2.05. The predicted octanol–water partition coefficient (Wildman–Crippen LogP) is 2.34. The molecule has 2 atom stereocenters. The normalized spacial score (nSPS) is 21.6. The lowest BCUT2D eigenvalue weighted by molar-refractivity contribution is -0.385. The molecule has 1 aliphatic rings. The van der Waals surface area contributed by atoms with Crippen molar-refractivity contribution >= 4 is 17.3 Å². The Kier molecular flexibility index (Phi) is 4.22. The van der Waals surface area contributed by atoms with Gasteiger partial charge in [0.15, 0.2) is 0 Å². The molecule has 0 heterocycles. The van der Waals surface area contributed by atoms with Gasteiger partial charge in [-0.2, -0.15) is 0 Å².